The molecule has 0 unspecified atom stereocenters. The number of nitrogens with zero attached hydrogens (tertiary/aromatic N) is 1. The second kappa shape index (κ2) is 3.04. The average molecular weight is 199 g/mol. The largest absolute Gasteiger partial charge is 0.235 e. The Hall–Kier alpha value is -1.40. The summed E-state index contributed by atoms with van der Waals surface area (Å²) in [5.74, 6) is 0. The molecule has 2 nitrogen and oxygen atoms in total. The number of hydrogen-bond acceptors (Lipinski definition) is 2. The van der Waals surface area contributed by atoms with Crippen LogP contribution in [0.25, 0.3) is 0 Å². The normalized spacial score (nSPS) is 20.5. The fourth-order valence-corrected chi connectivity index (χ4v) is 2.70. The Kier molecular flexibility index (Phi) is 1.80. The van der Waals surface area contributed by atoms with Gasteiger partial charge in [0.1, 0.15) is 0 Å². The minimum absolute atomic E-state index is 0.183. The van der Waals surface area contributed by atoms with E-state index in [4.69, 9.17) is 0 Å². The monoisotopic (exact) mass is 199 g/mol. The van der Waals surface area contributed by atoms with Crippen molar-refractivity contribution in [3.05, 3.63) is 34.9 Å². The molecule has 0 radical (unpaired) electrons. The first-order valence-corrected chi connectivity index (χ1v) is 5.56. The summed E-state index contributed by atoms with van der Waals surface area (Å²) in [7, 11) is 0. The maximum absolute atomic E-state index is 10.4. The highest BCUT2D eigenvalue weighted by Gasteiger charge is 2.46. The molecule has 76 valence electrons. The Morgan fingerprint density at radius 1 is 1.27 bits per heavy atom. The molecule has 2 aliphatic carbocycles. The number of benzene rings is 1. The van der Waals surface area contributed by atoms with Gasteiger partial charge in [0.15, 0.2) is 0 Å². The number of aliphatic imine (C=N–C) groups is 1. The summed E-state index contributed by atoms with van der Waals surface area (Å²) in [5.41, 5.74) is 4.02. The quantitative estimate of drug-likeness (QED) is 0.531. The van der Waals surface area contributed by atoms with Crippen LogP contribution in [-0.4, -0.2) is 6.08 Å². The predicted molar refractivity (Wildman–Crippen MR) is 57.5 cm³/mol. The van der Waals surface area contributed by atoms with Crippen molar-refractivity contribution < 1.29 is 4.79 Å². The Morgan fingerprint density at radius 2 is 2.13 bits per heavy atom. The third-order valence-corrected chi connectivity index (χ3v) is 3.63. The van der Waals surface area contributed by atoms with Crippen LogP contribution in [0.15, 0.2) is 23.2 Å². The molecule has 0 aliphatic heterocycles. The van der Waals surface area contributed by atoms with Gasteiger partial charge in [-0.25, -0.2) is 4.79 Å². The van der Waals surface area contributed by atoms with Crippen LogP contribution in [0.2, 0.25) is 0 Å². The van der Waals surface area contributed by atoms with Gasteiger partial charge < -0.3 is 0 Å². The van der Waals surface area contributed by atoms with Gasteiger partial charge in [0.05, 0.1) is 5.54 Å². The van der Waals surface area contributed by atoms with Gasteiger partial charge in [0.25, 0.3) is 0 Å². The SMILES string of the molecule is O=C=NC1(c2cccc3c2CCC3)CC1. The van der Waals surface area contributed by atoms with Crippen molar-refractivity contribution >= 4 is 6.08 Å². The third-order valence-electron chi connectivity index (χ3n) is 3.63. The summed E-state index contributed by atoms with van der Waals surface area (Å²) >= 11 is 0. The molecule has 0 atom stereocenters. The molecule has 0 saturated heterocycles. The van der Waals surface area contributed by atoms with Gasteiger partial charge in [-0.1, -0.05) is 18.2 Å². The molecule has 1 aromatic carbocycles. The van der Waals surface area contributed by atoms with Gasteiger partial charge in [0.2, 0.25) is 6.08 Å². The zero-order valence-corrected chi connectivity index (χ0v) is 8.62. The molecule has 0 spiro atoms. The Bertz CT molecular complexity index is 454. The van der Waals surface area contributed by atoms with Crippen molar-refractivity contribution in [2.45, 2.75) is 37.6 Å². The molecule has 2 heteroatoms. The molecule has 3 rings (SSSR count). The number of aryl methyl sites for hydroxylation is 1. The van der Waals surface area contributed by atoms with Gasteiger partial charge in [-0.15, -0.1) is 0 Å². The summed E-state index contributed by atoms with van der Waals surface area (Å²) in [5, 5.41) is 0. The molecule has 0 bridgehead atoms. The Morgan fingerprint density at radius 3 is 2.87 bits per heavy atom. The lowest BCUT2D eigenvalue weighted by atomic mass is 9.96. The summed E-state index contributed by atoms with van der Waals surface area (Å²) < 4.78 is 0. The fourth-order valence-electron chi connectivity index (χ4n) is 2.70. The van der Waals surface area contributed by atoms with Crippen LogP contribution < -0.4 is 0 Å². The van der Waals surface area contributed by atoms with Gasteiger partial charge in [-0.3, -0.25) is 0 Å². The van der Waals surface area contributed by atoms with E-state index in [1.54, 1.807) is 6.08 Å². The van der Waals surface area contributed by atoms with Gasteiger partial charge in [0, 0.05) is 0 Å². The lowest BCUT2D eigenvalue weighted by Crippen LogP contribution is -2.06. The van der Waals surface area contributed by atoms with Crippen LogP contribution in [0.1, 0.15) is 36.0 Å². The molecule has 1 saturated carbocycles. The summed E-state index contributed by atoms with van der Waals surface area (Å²) in [6.45, 7) is 0. The van der Waals surface area contributed by atoms with E-state index in [1.165, 1.54) is 29.5 Å². The van der Waals surface area contributed by atoms with E-state index in [2.05, 4.69) is 23.2 Å². The average Bonchev–Trinajstić information content (AvgIpc) is 2.88. The first kappa shape index (κ1) is 8.87. The minimum Gasteiger partial charge on any atom is -0.211 e. The smallest absolute Gasteiger partial charge is 0.211 e. The lowest BCUT2D eigenvalue weighted by molar-refractivity contribution is 0.556. The molecule has 15 heavy (non-hydrogen) atoms. The van der Waals surface area contributed by atoms with E-state index in [1.807, 2.05) is 0 Å². The number of hydrogen-bond donors (Lipinski definition) is 0. The summed E-state index contributed by atoms with van der Waals surface area (Å²) in [6.07, 6.45) is 7.34. The first-order valence-electron chi connectivity index (χ1n) is 5.56. The fraction of sp³-hybridized carbons (Fsp3) is 0.462. The Balaban J connectivity index is 2.13. The van der Waals surface area contributed by atoms with Crippen LogP contribution in [0.5, 0.6) is 0 Å². The second-order valence-corrected chi connectivity index (χ2v) is 4.53. The Labute approximate surface area is 89.0 Å². The lowest BCUT2D eigenvalue weighted by Gasteiger charge is -2.13. The zero-order chi connectivity index (χ0) is 10.3. The highest BCUT2D eigenvalue weighted by Crippen LogP contribution is 2.51. The number of carbonyl (C=O) groups excluding carboxylic acids is 1. The minimum atomic E-state index is -0.183. The molecule has 0 heterocycles. The van der Waals surface area contributed by atoms with E-state index in [0.29, 0.717) is 0 Å². The maximum Gasteiger partial charge on any atom is 0.235 e. The molecule has 0 aromatic heterocycles. The second-order valence-electron chi connectivity index (χ2n) is 4.53. The zero-order valence-electron chi connectivity index (χ0n) is 8.62. The highest BCUT2D eigenvalue weighted by atomic mass is 16.1. The molecular formula is C13H13NO. The van der Waals surface area contributed by atoms with E-state index in [-0.39, 0.29) is 5.54 Å². The van der Waals surface area contributed by atoms with E-state index >= 15 is 0 Å². The topological polar surface area (TPSA) is 29.4 Å². The third kappa shape index (κ3) is 1.25. The van der Waals surface area contributed by atoms with Crippen molar-refractivity contribution in [2.75, 3.05) is 0 Å². The molecule has 2 aliphatic rings. The van der Waals surface area contributed by atoms with E-state index in [0.717, 1.165) is 19.3 Å². The summed E-state index contributed by atoms with van der Waals surface area (Å²) in [4.78, 5) is 14.5. The van der Waals surface area contributed by atoms with Gasteiger partial charge in [-0.05, 0) is 48.8 Å². The first-order chi connectivity index (χ1) is 7.36. The standard InChI is InChI=1S/C13H13NO/c15-9-14-13(7-8-13)12-6-2-4-10-3-1-5-11(10)12/h2,4,6H,1,3,5,7-8H2. The molecule has 1 fully saturated rings. The van der Waals surface area contributed by atoms with Crippen LogP contribution in [0, 0.1) is 0 Å². The molecule has 0 N–H and O–H groups in total. The van der Waals surface area contributed by atoms with Crippen LogP contribution in [-0.2, 0) is 23.2 Å². The summed E-state index contributed by atoms with van der Waals surface area (Å²) in [6, 6.07) is 6.43. The van der Waals surface area contributed by atoms with Gasteiger partial charge >= 0.3 is 0 Å². The van der Waals surface area contributed by atoms with E-state index in [9.17, 15) is 4.79 Å². The maximum atomic E-state index is 10.4. The van der Waals surface area contributed by atoms with Crippen LogP contribution >= 0.6 is 0 Å². The number of fused-ring (bicyclic) bond motifs is 1. The van der Waals surface area contributed by atoms with Crippen molar-refractivity contribution in [1.82, 2.24) is 0 Å². The van der Waals surface area contributed by atoms with E-state index < -0.39 is 0 Å². The number of isocyanates is 1. The molecule has 0 amide bonds. The van der Waals surface area contributed by atoms with Crippen LogP contribution in [0.3, 0.4) is 0 Å². The van der Waals surface area contributed by atoms with Crippen molar-refractivity contribution in [3.8, 4) is 0 Å². The van der Waals surface area contributed by atoms with Crippen molar-refractivity contribution in [1.29, 1.82) is 0 Å². The predicted octanol–water partition coefficient (Wildman–Crippen LogP) is 2.50. The molecular weight excluding hydrogens is 186 g/mol. The van der Waals surface area contributed by atoms with Crippen molar-refractivity contribution in [3.63, 3.8) is 0 Å². The van der Waals surface area contributed by atoms with Gasteiger partial charge in [-0.2, -0.15) is 4.99 Å². The highest BCUT2D eigenvalue weighted by molar-refractivity contribution is 5.48. The molecule has 1 aromatic rings. The van der Waals surface area contributed by atoms with Crippen LogP contribution in [0.4, 0.5) is 0 Å². The van der Waals surface area contributed by atoms with Crippen molar-refractivity contribution in [2.24, 2.45) is 4.99 Å². The number of rotatable bonds is 2.